The van der Waals surface area contributed by atoms with Gasteiger partial charge in [-0.25, -0.2) is 8.42 Å². The molecule has 0 unspecified atom stereocenters. The van der Waals surface area contributed by atoms with Crippen LogP contribution in [0.2, 0.25) is 0 Å². The molecule has 0 aromatic heterocycles. The number of anilines is 1. The predicted octanol–water partition coefficient (Wildman–Crippen LogP) is -0.243. The molecule has 9 nitrogen and oxygen atoms in total. The van der Waals surface area contributed by atoms with Crippen molar-refractivity contribution in [3.63, 3.8) is 0 Å². The van der Waals surface area contributed by atoms with E-state index in [-0.39, 0.29) is 35.9 Å². The van der Waals surface area contributed by atoms with Crippen LogP contribution in [0.5, 0.6) is 0 Å². The van der Waals surface area contributed by atoms with Crippen molar-refractivity contribution in [3.8, 4) is 0 Å². The summed E-state index contributed by atoms with van der Waals surface area (Å²) < 4.78 is 26.1. The summed E-state index contributed by atoms with van der Waals surface area (Å²) in [5.41, 5.74) is -0.0828. The molecule has 2 N–H and O–H groups in total. The molecular weight excluding hydrogens is 300 g/mol. The molecule has 1 fully saturated rings. The number of non-ortho nitro benzene ring substituents is 1. The van der Waals surface area contributed by atoms with E-state index in [2.05, 4.69) is 10.6 Å². The summed E-state index contributed by atoms with van der Waals surface area (Å²) in [6.45, 7) is 0.0377. The number of nitro benzene ring substituents is 1. The molecule has 10 heteroatoms. The fourth-order valence-corrected chi connectivity index (χ4v) is 3.62. The molecule has 1 aromatic carbocycles. The van der Waals surface area contributed by atoms with Gasteiger partial charge in [0.2, 0.25) is 15.9 Å². The lowest BCUT2D eigenvalue weighted by Gasteiger charge is -2.26. The monoisotopic (exact) mass is 314 g/mol. The molecule has 1 aliphatic rings. The molecule has 21 heavy (non-hydrogen) atoms. The Morgan fingerprint density at radius 1 is 1.43 bits per heavy atom. The highest BCUT2D eigenvalue weighted by atomic mass is 32.2. The quantitative estimate of drug-likeness (QED) is 0.584. The van der Waals surface area contributed by atoms with Crippen LogP contribution in [0.3, 0.4) is 0 Å². The van der Waals surface area contributed by atoms with Crippen molar-refractivity contribution in [1.82, 2.24) is 9.62 Å². The van der Waals surface area contributed by atoms with Gasteiger partial charge in [0.25, 0.3) is 5.69 Å². The second-order valence-electron chi connectivity index (χ2n) is 4.38. The standard InChI is InChI=1S/C11H14N4O5S/c1-12-9-3-2-8(15(17)18)6-10(9)21(19,20)14-5-4-13-11(16)7-14/h2-3,6,12H,4-5,7H2,1H3,(H,13,16). The van der Waals surface area contributed by atoms with Crippen molar-refractivity contribution in [2.45, 2.75) is 4.90 Å². The van der Waals surface area contributed by atoms with E-state index in [4.69, 9.17) is 0 Å². The Kier molecular flexibility index (Phi) is 4.09. The smallest absolute Gasteiger partial charge is 0.270 e. The van der Waals surface area contributed by atoms with Crippen LogP contribution in [0, 0.1) is 10.1 Å². The number of sulfonamides is 1. The summed E-state index contributed by atoms with van der Waals surface area (Å²) in [5, 5.41) is 16.0. The Hall–Kier alpha value is -2.20. The number of carbonyl (C=O) groups excluding carboxylic acids is 1. The Bertz CT molecular complexity index is 688. The molecule has 0 spiro atoms. The van der Waals surface area contributed by atoms with Crippen molar-refractivity contribution in [2.75, 3.05) is 32.0 Å². The third-order valence-corrected chi connectivity index (χ3v) is 4.95. The van der Waals surface area contributed by atoms with Crippen molar-refractivity contribution in [1.29, 1.82) is 0 Å². The molecule has 0 aliphatic carbocycles. The zero-order valence-electron chi connectivity index (χ0n) is 11.2. The van der Waals surface area contributed by atoms with Crippen LogP contribution in [0.1, 0.15) is 0 Å². The van der Waals surface area contributed by atoms with Gasteiger partial charge in [-0.1, -0.05) is 0 Å². The molecule has 114 valence electrons. The number of hydrogen-bond acceptors (Lipinski definition) is 6. The van der Waals surface area contributed by atoms with Crippen LogP contribution in [0.4, 0.5) is 11.4 Å². The van der Waals surface area contributed by atoms with Crippen molar-refractivity contribution < 1.29 is 18.1 Å². The van der Waals surface area contributed by atoms with Gasteiger partial charge < -0.3 is 10.6 Å². The van der Waals surface area contributed by atoms with Gasteiger partial charge in [0.1, 0.15) is 4.90 Å². The summed E-state index contributed by atoms with van der Waals surface area (Å²) in [5.74, 6) is -0.402. The van der Waals surface area contributed by atoms with Crippen LogP contribution in [0.15, 0.2) is 23.1 Å². The molecular formula is C11H14N4O5S. The van der Waals surface area contributed by atoms with Gasteiger partial charge >= 0.3 is 0 Å². The summed E-state index contributed by atoms with van der Waals surface area (Å²) in [6.07, 6.45) is 0. The molecule has 1 heterocycles. The van der Waals surface area contributed by atoms with E-state index < -0.39 is 20.9 Å². The SMILES string of the molecule is CNc1ccc([N+](=O)[O-])cc1S(=O)(=O)N1CCNC(=O)C1. The van der Waals surface area contributed by atoms with Crippen molar-refractivity contribution in [2.24, 2.45) is 0 Å². The van der Waals surface area contributed by atoms with Crippen LogP contribution in [-0.2, 0) is 14.8 Å². The Balaban J connectivity index is 2.49. The maximum absolute atomic E-state index is 12.6. The van der Waals surface area contributed by atoms with Crippen LogP contribution in [-0.4, -0.2) is 50.2 Å². The first-order chi connectivity index (χ1) is 9.86. The lowest BCUT2D eigenvalue weighted by molar-refractivity contribution is -0.385. The first-order valence-corrected chi connectivity index (χ1v) is 7.53. The maximum Gasteiger partial charge on any atom is 0.270 e. The highest BCUT2D eigenvalue weighted by Gasteiger charge is 2.32. The van der Waals surface area contributed by atoms with E-state index >= 15 is 0 Å². The highest BCUT2D eigenvalue weighted by Crippen LogP contribution is 2.28. The van der Waals surface area contributed by atoms with Crippen molar-refractivity contribution in [3.05, 3.63) is 28.3 Å². The Morgan fingerprint density at radius 2 is 2.14 bits per heavy atom. The lowest BCUT2D eigenvalue weighted by atomic mass is 10.3. The van der Waals surface area contributed by atoms with Gasteiger partial charge in [0.05, 0.1) is 17.2 Å². The molecule has 0 bridgehead atoms. The number of carbonyl (C=O) groups is 1. The normalized spacial score (nSPS) is 16.3. The maximum atomic E-state index is 12.6. The number of hydrogen-bond donors (Lipinski definition) is 2. The molecule has 1 saturated heterocycles. The van der Waals surface area contributed by atoms with Crippen molar-refractivity contribution >= 4 is 27.3 Å². The van der Waals surface area contributed by atoms with Gasteiger partial charge in [-0.05, 0) is 6.07 Å². The average Bonchev–Trinajstić information content (AvgIpc) is 2.46. The third-order valence-electron chi connectivity index (χ3n) is 3.07. The fourth-order valence-electron chi connectivity index (χ4n) is 2.00. The molecule has 0 atom stereocenters. The zero-order valence-corrected chi connectivity index (χ0v) is 12.0. The van der Waals surface area contributed by atoms with Gasteiger partial charge in [-0.2, -0.15) is 4.31 Å². The van der Waals surface area contributed by atoms with E-state index in [0.717, 1.165) is 10.4 Å². The summed E-state index contributed by atoms with van der Waals surface area (Å²) in [6, 6.07) is 3.54. The number of piperazine rings is 1. The second kappa shape index (κ2) is 5.66. The van der Waals surface area contributed by atoms with Crippen LogP contribution < -0.4 is 10.6 Å². The number of amides is 1. The average molecular weight is 314 g/mol. The van der Waals surface area contributed by atoms with Gasteiger partial charge in [-0.3, -0.25) is 14.9 Å². The van der Waals surface area contributed by atoms with E-state index in [0.29, 0.717) is 0 Å². The largest absolute Gasteiger partial charge is 0.387 e. The minimum Gasteiger partial charge on any atom is -0.387 e. The highest BCUT2D eigenvalue weighted by molar-refractivity contribution is 7.89. The molecule has 0 saturated carbocycles. The molecule has 0 radical (unpaired) electrons. The van der Waals surface area contributed by atoms with E-state index in [9.17, 15) is 23.3 Å². The summed E-state index contributed by atoms with van der Waals surface area (Å²) in [4.78, 5) is 21.3. The van der Waals surface area contributed by atoms with E-state index in [1.54, 1.807) is 0 Å². The molecule has 1 aromatic rings. The van der Waals surface area contributed by atoms with Gasteiger partial charge in [0, 0.05) is 32.3 Å². The number of nitrogens with zero attached hydrogens (tertiary/aromatic N) is 2. The minimum atomic E-state index is -3.99. The van der Waals surface area contributed by atoms with E-state index in [1.165, 1.54) is 19.2 Å². The van der Waals surface area contributed by atoms with Gasteiger partial charge in [0.15, 0.2) is 0 Å². The number of nitrogens with one attached hydrogen (secondary N) is 2. The topological polar surface area (TPSA) is 122 Å². The van der Waals surface area contributed by atoms with Gasteiger partial charge in [-0.15, -0.1) is 0 Å². The summed E-state index contributed by atoms with van der Waals surface area (Å²) >= 11 is 0. The van der Waals surface area contributed by atoms with E-state index in [1.807, 2.05) is 0 Å². The molecule has 1 amide bonds. The third kappa shape index (κ3) is 2.95. The Labute approximate surface area is 121 Å². The number of nitro groups is 1. The van der Waals surface area contributed by atoms with Crippen LogP contribution in [0.25, 0.3) is 0 Å². The minimum absolute atomic E-state index is 0.125. The molecule has 2 rings (SSSR count). The molecule has 1 aliphatic heterocycles. The fraction of sp³-hybridized carbons (Fsp3) is 0.364. The Morgan fingerprint density at radius 3 is 2.71 bits per heavy atom. The summed E-state index contributed by atoms with van der Waals surface area (Å²) in [7, 11) is -2.47. The number of benzene rings is 1. The first-order valence-electron chi connectivity index (χ1n) is 6.09. The predicted molar refractivity (Wildman–Crippen MR) is 74.4 cm³/mol. The number of rotatable bonds is 4. The zero-order chi connectivity index (χ0) is 15.6. The first kappa shape index (κ1) is 15.2. The van der Waals surface area contributed by atoms with Crippen LogP contribution >= 0.6 is 0 Å². The lowest BCUT2D eigenvalue weighted by Crippen LogP contribution is -2.49. The second-order valence-corrected chi connectivity index (χ2v) is 6.28.